The van der Waals surface area contributed by atoms with E-state index in [1.807, 2.05) is 0 Å². The maximum Gasteiger partial charge on any atom is 0.327 e. The number of hydrogen-bond acceptors (Lipinski definition) is 5. The second kappa shape index (κ2) is 8.64. The fourth-order valence-corrected chi connectivity index (χ4v) is 3.05. The highest BCUT2D eigenvalue weighted by atomic mass is 19.1. The van der Waals surface area contributed by atoms with Crippen LogP contribution in [0.25, 0.3) is 11.0 Å². The number of aromatic amines is 2. The molecule has 0 aliphatic rings. The van der Waals surface area contributed by atoms with Crippen molar-refractivity contribution >= 4 is 28.5 Å². The van der Waals surface area contributed by atoms with Crippen molar-refractivity contribution in [3.63, 3.8) is 0 Å². The summed E-state index contributed by atoms with van der Waals surface area (Å²) in [4.78, 5) is 56.4. The molecule has 0 aliphatic carbocycles. The van der Waals surface area contributed by atoms with E-state index in [9.17, 15) is 23.6 Å². The van der Waals surface area contributed by atoms with Gasteiger partial charge in [0.15, 0.2) is 0 Å². The van der Waals surface area contributed by atoms with E-state index in [0.29, 0.717) is 11.3 Å². The normalized spacial score (nSPS) is 10.7. The molecule has 4 aromatic rings. The third kappa shape index (κ3) is 4.59. The number of rotatable bonds is 5. The summed E-state index contributed by atoms with van der Waals surface area (Å²) in [6, 6.07) is 13.5. The van der Waals surface area contributed by atoms with Gasteiger partial charge in [-0.3, -0.25) is 24.4 Å². The third-order valence-corrected chi connectivity index (χ3v) is 4.58. The SMILES string of the molecule is O=C(NCc1cccc(NC(=O)c2cccc(F)c2)c1)c1cnc2[nH]c(=O)[nH]c(=O)c2c1. The Hall–Kier alpha value is -4.60. The molecule has 9 nitrogen and oxygen atoms in total. The third-order valence-electron chi connectivity index (χ3n) is 4.58. The van der Waals surface area contributed by atoms with E-state index in [2.05, 4.69) is 25.6 Å². The monoisotopic (exact) mass is 433 g/mol. The smallest absolute Gasteiger partial charge is 0.327 e. The summed E-state index contributed by atoms with van der Waals surface area (Å²) in [5.74, 6) is -1.44. The summed E-state index contributed by atoms with van der Waals surface area (Å²) in [5, 5.41) is 5.47. The first kappa shape index (κ1) is 20.7. The molecule has 4 rings (SSSR count). The first-order valence-corrected chi connectivity index (χ1v) is 9.45. The average molecular weight is 433 g/mol. The van der Waals surface area contributed by atoms with Gasteiger partial charge in [0, 0.05) is 24.0 Å². The zero-order valence-corrected chi connectivity index (χ0v) is 16.4. The van der Waals surface area contributed by atoms with Crippen LogP contribution >= 0.6 is 0 Å². The quantitative estimate of drug-likeness (QED) is 0.381. The van der Waals surface area contributed by atoms with Crippen LogP contribution in [0.2, 0.25) is 0 Å². The van der Waals surface area contributed by atoms with Crippen molar-refractivity contribution < 1.29 is 14.0 Å². The molecule has 0 atom stereocenters. The Balaban J connectivity index is 1.44. The largest absolute Gasteiger partial charge is 0.348 e. The van der Waals surface area contributed by atoms with E-state index in [1.54, 1.807) is 24.3 Å². The highest BCUT2D eigenvalue weighted by molar-refractivity contribution is 6.04. The maximum absolute atomic E-state index is 13.3. The van der Waals surface area contributed by atoms with Gasteiger partial charge in [0.25, 0.3) is 17.4 Å². The highest BCUT2D eigenvalue weighted by Gasteiger charge is 2.11. The lowest BCUT2D eigenvalue weighted by atomic mass is 10.1. The number of carbonyl (C=O) groups excluding carboxylic acids is 2. The van der Waals surface area contributed by atoms with Crippen molar-refractivity contribution in [2.45, 2.75) is 6.54 Å². The number of aromatic nitrogens is 3. The first-order chi connectivity index (χ1) is 15.4. The molecule has 0 saturated carbocycles. The van der Waals surface area contributed by atoms with Gasteiger partial charge in [-0.1, -0.05) is 18.2 Å². The molecule has 2 aromatic heterocycles. The fraction of sp³-hybridized carbons (Fsp3) is 0.0455. The van der Waals surface area contributed by atoms with Crippen molar-refractivity contribution in [2.24, 2.45) is 0 Å². The summed E-state index contributed by atoms with van der Waals surface area (Å²) >= 11 is 0. The molecule has 2 aromatic carbocycles. The van der Waals surface area contributed by atoms with E-state index in [1.165, 1.54) is 30.5 Å². The van der Waals surface area contributed by atoms with Gasteiger partial charge in [-0.25, -0.2) is 14.2 Å². The molecule has 0 unspecified atom stereocenters. The number of carbonyl (C=O) groups is 2. The predicted octanol–water partition coefficient (Wildman–Crippen LogP) is 1.93. The number of H-pyrrole nitrogens is 2. The van der Waals surface area contributed by atoms with Crippen molar-refractivity contribution in [3.8, 4) is 0 Å². The van der Waals surface area contributed by atoms with Gasteiger partial charge in [0.05, 0.1) is 10.9 Å². The highest BCUT2D eigenvalue weighted by Crippen LogP contribution is 2.13. The number of benzene rings is 2. The van der Waals surface area contributed by atoms with Crippen molar-refractivity contribution in [3.05, 3.63) is 104 Å². The van der Waals surface area contributed by atoms with Crippen LogP contribution in [0.4, 0.5) is 10.1 Å². The number of pyridine rings is 1. The second-order valence-electron chi connectivity index (χ2n) is 6.88. The summed E-state index contributed by atoms with van der Waals surface area (Å²) in [7, 11) is 0. The molecular formula is C22H16FN5O4. The van der Waals surface area contributed by atoms with Crippen LogP contribution in [0.3, 0.4) is 0 Å². The van der Waals surface area contributed by atoms with Crippen LogP contribution in [-0.2, 0) is 6.54 Å². The Bertz CT molecular complexity index is 1460. The van der Waals surface area contributed by atoms with Crippen LogP contribution < -0.4 is 21.9 Å². The molecule has 160 valence electrons. The molecule has 2 heterocycles. The lowest BCUT2D eigenvalue weighted by Crippen LogP contribution is -2.25. The average Bonchev–Trinajstić information content (AvgIpc) is 2.77. The Morgan fingerprint density at radius 2 is 1.75 bits per heavy atom. The van der Waals surface area contributed by atoms with Gasteiger partial charge < -0.3 is 10.6 Å². The number of halogens is 1. The standard InChI is InChI=1S/C22H16FN5O4/c23-15-5-2-4-13(8-15)20(30)26-16-6-1-3-12(7-16)10-25-19(29)14-9-17-18(24-11-14)27-22(32)28-21(17)31/h1-9,11H,10H2,(H,25,29)(H,26,30)(H2,24,27,28,31,32). The Kier molecular flexibility index (Phi) is 5.58. The molecule has 0 fully saturated rings. The molecule has 0 spiro atoms. The summed E-state index contributed by atoms with van der Waals surface area (Å²) in [6.07, 6.45) is 1.25. The molecule has 0 aliphatic heterocycles. The zero-order chi connectivity index (χ0) is 22.7. The summed E-state index contributed by atoms with van der Waals surface area (Å²) in [5.41, 5.74) is 0.260. The number of amides is 2. The topological polar surface area (TPSA) is 137 Å². The molecule has 0 saturated heterocycles. The van der Waals surface area contributed by atoms with Crippen LogP contribution in [0.15, 0.2) is 70.4 Å². The minimum absolute atomic E-state index is 0.0806. The van der Waals surface area contributed by atoms with Gasteiger partial charge in [-0.2, -0.15) is 0 Å². The van der Waals surface area contributed by atoms with Crippen LogP contribution in [-0.4, -0.2) is 26.8 Å². The molecule has 10 heteroatoms. The van der Waals surface area contributed by atoms with Crippen LogP contribution in [0.1, 0.15) is 26.3 Å². The number of nitrogens with one attached hydrogen (secondary N) is 4. The molecule has 4 N–H and O–H groups in total. The second-order valence-corrected chi connectivity index (χ2v) is 6.88. The summed E-state index contributed by atoms with van der Waals surface area (Å²) in [6.45, 7) is 0.141. The molecule has 2 amide bonds. The Labute approximate surface area is 179 Å². The van der Waals surface area contributed by atoms with Crippen LogP contribution in [0.5, 0.6) is 0 Å². The van der Waals surface area contributed by atoms with Crippen LogP contribution in [0, 0.1) is 5.82 Å². The van der Waals surface area contributed by atoms with Crippen molar-refractivity contribution in [2.75, 3.05) is 5.32 Å². The van der Waals surface area contributed by atoms with E-state index in [4.69, 9.17) is 0 Å². The Morgan fingerprint density at radius 3 is 2.56 bits per heavy atom. The zero-order valence-electron chi connectivity index (χ0n) is 16.4. The van der Waals surface area contributed by atoms with E-state index < -0.39 is 28.9 Å². The molecule has 0 bridgehead atoms. The maximum atomic E-state index is 13.3. The van der Waals surface area contributed by atoms with Gasteiger partial charge in [-0.15, -0.1) is 0 Å². The lowest BCUT2D eigenvalue weighted by Gasteiger charge is -2.09. The number of anilines is 1. The van der Waals surface area contributed by atoms with E-state index >= 15 is 0 Å². The van der Waals surface area contributed by atoms with Crippen molar-refractivity contribution in [1.29, 1.82) is 0 Å². The first-order valence-electron chi connectivity index (χ1n) is 9.45. The van der Waals surface area contributed by atoms with Crippen molar-refractivity contribution in [1.82, 2.24) is 20.3 Å². The van der Waals surface area contributed by atoms with Gasteiger partial charge >= 0.3 is 5.69 Å². The predicted molar refractivity (Wildman–Crippen MR) is 115 cm³/mol. The number of fused-ring (bicyclic) bond motifs is 1. The number of hydrogen-bond donors (Lipinski definition) is 4. The molecular weight excluding hydrogens is 417 g/mol. The molecule has 32 heavy (non-hydrogen) atoms. The van der Waals surface area contributed by atoms with E-state index in [0.717, 1.165) is 6.07 Å². The van der Waals surface area contributed by atoms with Gasteiger partial charge in [-0.05, 0) is 42.0 Å². The van der Waals surface area contributed by atoms with Gasteiger partial charge in [0.2, 0.25) is 0 Å². The Morgan fingerprint density at radius 1 is 0.938 bits per heavy atom. The minimum atomic E-state index is -0.684. The summed E-state index contributed by atoms with van der Waals surface area (Å²) < 4.78 is 13.3. The molecule has 0 radical (unpaired) electrons. The van der Waals surface area contributed by atoms with Gasteiger partial charge in [0.1, 0.15) is 11.5 Å². The minimum Gasteiger partial charge on any atom is -0.348 e. The fourth-order valence-electron chi connectivity index (χ4n) is 3.05. The lowest BCUT2D eigenvalue weighted by molar-refractivity contribution is 0.0949. The van der Waals surface area contributed by atoms with E-state index in [-0.39, 0.29) is 28.7 Å². The number of nitrogens with zero attached hydrogens (tertiary/aromatic N) is 1.